The van der Waals surface area contributed by atoms with Crippen molar-refractivity contribution < 1.29 is 4.79 Å². The fourth-order valence-electron chi connectivity index (χ4n) is 2.21. The van der Waals surface area contributed by atoms with E-state index in [0.717, 1.165) is 5.56 Å². The first-order valence-corrected chi connectivity index (χ1v) is 7.71. The average molecular weight is 346 g/mol. The van der Waals surface area contributed by atoms with Gasteiger partial charge >= 0.3 is 0 Å². The summed E-state index contributed by atoms with van der Waals surface area (Å²) >= 11 is 12.0. The van der Waals surface area contributed by atoms with Gasteiger partial charge in [0, 0.05) is 23.1 Å². The lowest BCUT2D eigenvalue weighted by molar-refractivity contribution is 0.102. The fraction of sp³-hybridized carbons (Fsp3) is 0.0588. The Balaban J connectivity index is 1.85. The molecule has 23 heavy (non-hydrogen) atoms. The molecule has 0 aliphatic carbocycles. The Morgan fingerprint density at radius 3 is 2.74 bits per heavy atom. The molecule has 1 N–H and O–H groups in total. The number of nitrogens with one attached hydrogen (secondary N) is 1. The van der Waals surface area contributed by atoms with E-state index in [4.69, 9.17) is 23.2 Å². The van der Waals surface area contributed by atoms with Gasteiger partial charge in [-0.25, -0.2) is 0 Å². The quantitative estimate of drug-likeness (QED) is 0.757. The summed E-state index contributed by atoms with van der Waals surface area (Å²) < 4.78 is 1.79. The normalized spacial score (nSPS) is 10.5. The highest BCUT2D eigenvalue weighted by Crippen LogP contribution is 2.23. The van der Waals surface area contributed by atoms with E-state index in [1.54, 1.807) is 29.1 Å². The summed E-state index contributed by atoms with van der Waals surface area (Å²) in [5, 5.41) is 7.89. The molecule has 3 aromatic rings. The smallest absolute Gasteiger partial charge is 0.257 e. The van der Waals surface area contributed by atoms with Crippen molar-refractivity contribution in [1.82, 2.24) is 9.78 Å². The topological polar surface area (TPSA) is 46.9 Å². The minimum Gasteiger partial charge on any atom is -0.322 e. The summed E-state index contributed by atoms with van der Waals surface area (Å²) in [4.78, 5) is 12.5. The number of nitrogens with zero attached hydrogens (tertiary/aromatic N) is 2. The van der Waals surface area contributed by atoms with E-state index < -0.39 is 0 Å². The Bertz CT molecular complexity index is 832. The fourth-order valence-corrected chi connectivity index (χ4v) is 2.59. The molecule has 0 radical (unpaired) electrons. The molecule has 0 aliphatic heterocycles. The summed E-state index contributed by atoms with van der Waals surface area (Å²) in [6.07, 6.45) is 3.58. The highest BCUT2D eigenvalue weighted by atomic mass is 35.5. The van der Waals surface area contributed by atoms with Gasteiger partial charge in [-0.05, 0) is 35.9 Å². The number of carbonyl (C=O) groups excluding carboxylic acids is 1. The molecule has 0 bridgehead atoms. The first-order valence-electron chi connectivity index (χ1n) is 6.95. The predicted octanol–water partition coefficient (Wildman–Crippen LogP) is 4.49. The maximum Gasteiger partial charge on any atom is 0.257 e. The molecule has 2 aromatic carbocycles. The molecule has 0 atom stereocenters. The second kappa shape index (κ2) is 6.86. The van der Waals surface area contributed by atoms with Crippen LogP contribution in [-0.4, -0.2) is 15.7 Å². The molecule has 0 aliphatic rings. The third-order valence-corrected chi connectivity index (χ3v) is 3.89. The van der Waals surface area contributed by atoms with E-state index in [1.807, 2.05) is 36.5 Å². The van der Waals surface area contributed by atoms with Crippen LogP contribution in [0.3, 0.4) is 0 Å². The molecule has 0 saturated carbocycles. The zero-order chi connectivity index (χ0) is 16.2. The lowest BCUT2D eigenvalue weighted by atomic mass is 10.1. The van der Waals surface area contributed by atoms with Crippen LogP contribution in [0, 0.1) is 0 Å². The summed E-state index contributed by atoms with van der Waals surface area (Å²) in [6.45, 7) is 0.562. The van der Waals surface area contributed by atoms with Crippen LogP contribution in [0.1, 0.15) is 15.9 Å². The molecular weight excluding hydrogens is 333 g/mol. The number of aromatic nitrogens is 2. The van der Waals surface area contributed by atoms with Crippen LogP contribution < -0.4 is 5.32 Å². The largest absolute Gasteiger partial charge is 0.322 e. The number of hydrogen-bond donors (Lipinski definition) is 1. The molecule has 0 spiro atoms. The number of hydrogen-bond acceptors (Lipinski definition) is 2. The van der Waals surface area contributed by atoms with Crippen molar-refractivity contribution in [3.63, 3.8) is 0 Å². The Hall–Kier alpha value is -2.30. The van der Waals surface area contributed by atoms with Crippen molar-refractivity contribution in [3.8, 4) is 0 Å². The van der Waals surface area contributed by atoms with Crippen LogP contribution in [0.15, 0.2) is 60.9 Å². The second-order valence-electron chi connectivity index (χ2n) is 4.94. The summed E-state index contributed by atoms with van der Waals surface area (Å²) in [5.41, 5.74) is 2.00. The zero-order valence-corrected chi connectivity index (χ0v) is 13.6. The first-order chi connectivity index (χ1) is 11.1. The minimum absolute atomic E-state index is 0.301. The average Bonchev–Trinajstić information content (AvgIpc) is 3.04. The van der Waals surface area contributed by atoms with E-state index in [0.29, 0.717) is 27.8 Å². The monoisotopic (exact) mass is 345 g/mol. The first kappa shape index (κ1) is 15.6. The van der Waals surface area contributed by atoms with Crippen molar-refractivity contribution in [2.24, 2.45) is 0 Å². The molecule has 3 rings (SSSR count). The molecule has 4 nitrogen and oxygen atoms in total. The van der Waals surface area contributed by atoms with Crippen LogP contribution in [-0.2, 0) is 6.54 Å². The van der Waals surface area contributed by atoms with Crippen molar-refractivity contribution in [2.45, 2.75) is 6.54 Å². The molecule has 116 valence electrons. The second-order valence-corrected chi connectivity index (χ2v) is 5.78. The van der Waals surface area contributed by atoms with Gasteiger partial charge in [0.05, 0.1) is 17.1 Å². The summed E-state index contributed by atoms with van der Waals surface area (Å²) in [5.74, 6) is -0.301. The third kappa shape index (κ3) is 3.73. The van der Waals surface area contributed by atoms with E-state index in [-0.39, 0.29) is 5.91 Å². The number of amides is 1. The van der Waals surface area contributed by atoms with E-state index in [2.05, 4.69) is 10.4 Å². The van der Waals surface area contributed by atoms with Gasteiger partial charge in [0.2, 0.25) is 0 Å². The maximum atomic E-state index is 12.5. The highest BCUT2D eigenvalue weighted by Gasteiger charge is 2.13. The van der Waals surface area contributed by atoms with E-state index in [1.165, 1.54) is 0 Å². The van der Waals surface area contributed by atoms with E-state index >= 15 is 0 Å². The molecule has 6 heteroatoms. The number of rotatable bonds is 4. The van der Waals surface area contributed by atoms with Crippen LogP contribution in [0.5, 0.6) is 0 Å². The molecular formula is C17H13Cl2N3O. The van der Waals surface area contributed by atoms with Gasteiger partial charge in [0.1, 0.15) is 0 Å². The van der Waals surface area contributed by atoms with Gasteiger partial charge in [-0.3, -0.25) is 9.48 Å². The Labute approximate surface area is 143 Å². The molecule has 0 fully saturated rings. The van der Waals surface area contributed by atoms with Gasteiger partial charge in [0.15, 0.2) is 0 Å². The lowest BCUT2D eigenvalue weighted by Crippen LogP contribution is -2.14. The standard InChI is InChI=1S/C17H13Cl2N3O/c18-13-6-7-15(19)14(10-13)17(23)21-16-5-2-1-4-12(16)11-22-9-3-8-20-22/h1-10H,11H2,(H,21,23). The van der Waals surface area contributed by atoms with Gasteiger partial charge < -0.3 is 5.32 Å². The van der Waals surface area contributed by atoms with Gasteiger partial charge in [-0.15, -0.1) is 0 Å². The van der Waals surface area contributed by atoms with Crippen molar-refractivity contribution in [1.29, 1.82) is 0 Å². The molecule has 1 aromatic heterocycles. The van der Waals surface area contributed by atoms with Crippen molar-refractivity contribution in [3.05, 3.63) is 82.1 Å². The molecule has 1 amide bonds. The predicted molar refractivity (Wildman–Crippen MR) is 92.2 cm³/mol. The maximum absolute atomic E-state index is 12.5. The number of anilines is 1. The van der Waals surface area contributed by atoms with E-state index in [9.17, 15) is 4.79 Å². The third-order valence-electron chi connectivity index (χ3n) is 3.33. The van der Waals surface area contributed by atoms with Crippen LogP contribution in [0.2, 0.25) is 10.0 Å². The number of halogens is 2. The van der Waals surface area contributed by atoms with Gasteiger partial charge in [-0.1, -0.05) is 41.4 Å². The van der Waals surface area contributed by atoms with Crippen molar-refractivity contribution in [2.75, 3.05) is 5.32 Å². The summed E-state index contributed by atoms with van der Waals surface area (Å²) in [6, 6.07) is 14.2. The zero-order valence-electron chi connectivity index (χ0n) is 12.0. The van der Waals surface area contributed by atoms with Gasteiger partial charge in [-0.2, -0.15) is 5.10 Å². The van der Waals surface area contributed by atoms with Crippen molar-refractivity contribution >= 4 is 34.8 Å². The van der Waals surface area contributed by atoms with Gasteiger partial charge in [0.25, 0.3) is 5.91 Å². The molecule has 0 saturated heterocycles. The molecule has 0 unspecified atom stereocenters. The number of benzene rings is 2. The molecule has 1 heterocycles. The number of carbonyl (C=O) groups is 1. The van der Waals surface area contributed by atoms with Crippen LogP contribution in [0.25, 0.3) is 0 Å². The number of para-hydroxylation sites is 1. The Kier molecular flexibility index (Phi) is 4.65. The highest BCUT2D eigenvalue weighted by molar-refractivity contribution is 6.36. The minimum atomic E-state index is -0.301. The van der Waals surface area contributed by atoms with Crippen LogP contribution >= 0.6 is 23.2 Å². The Morgan fingerprint density at radius 2 is 1.96 bits per heavy atom. The Morgan fingerprint density at radius 1 is 1.13 bits per heavy atom. The lowest BCUT2D eigenvalue weighted by Gasteiger charge is -2.12. The summed E-state index contributed by atoms with van der Waals surface area (Å²) in [7, 11) is 0. The SMILES string of the molecule is O=C(Nc1ccccc1Cn1cccn1)c1cc(Cl)ccc1Cl. The van der Waals surface area contributed by atoms with Crippen LogP contribution in [0.4, 0.5) is 5.69 Å².